The molecule has 11 aromatic carbocycles. The van der Waals surface area contributed by atoms with Crippen LogP contribution in [0.4, 0.5) is 0 Å². The smallest absolute Gasteiger partial charge is 0.164 e. The number of hydrogen-bond acceptors (Lipinski definition) is 3. The highest BCUT2D eigenvalue weighted by Crippen LogP contribution is 2.56. The summed E-state index contributed by atoms with van der Waals surface area (Å²) in [6.07, 6.45) is 0. The zero-order valence-electron chi connectivity index (χ0n) is 36.5. The molecule has 312 valence electrons. The lowest BCUT2D eigenvalue weighted by atomic mass is 9.67. The van der Waals surface area contributed by atoms with Crippen molar-refractivity contribution in [1.29, 1.82) is 0 Å². The van der Waals surface area contributed by atoms with Crippen LogP contribution in [0, 0.1) is 0 Å². The van der Waals surface area contributed by atoms with Gasteiger partial charge in [0.2, 0.25) is 0 Å². The van der Waals surface area contributed by atoms with Crippen LogP contribution < -0.4 is 0 Å². The normalized spacial score (nSPS) is 12.6. The minimum atomic E-state index is -0.555. The first-order chi connectivity index (χ1) is 33.2. The van der Waals surface area contributed by atoms with E-state index in [1.807, 2.05) is 6.07 Å². The van der Waals surface area contributed by atoms with Crippen molar-refractivity contribution >= 4 is 32.3 Å². The Labute approximate surface area is 389 Å². The molecule has 12 aromatic rings. The quantitative estimate of drug-likeness (QED) is 0.118. The van der Waals surface area contributed by atoms with E-state index in [1.165, 1.54) is 71.3 Å². The number of benzene rings is 11. The van der Waals surface area contributed by atoms with E-state index in [4.69, 9.17) is 15.0 Å². The molecule has 1 aromatic heterocycles. The fourth-order valence-corrected chi connectivity index (χ4v) is 10.7. The van der Waals surface area contributed by atoms with Gasteiger partial charge in [-0.3, -0.25) is 0 Å². The topological polar surface area (TPSA) is 38.7 Å². The molecule has 0 aliphatic heterocycles. The first kappa shape index (κ1) is 38.6. The van der Waals surface area contributed by atoms with Crippen molar-refractivity contribution in [3.63, 3.8) is 0 Å². The van der Waals surface area contributed by atoms with Crippen LogP contribution in [0.2, 0.25) is 0 Å². The largest absolute Gasteiger partial charge is 0.208 e. The van der Waals surface area contributed by atoms with E-state index < -0.39 is 5.41 Å². The van der Waals surface area contributed by atoms with Gasteiger partial charge in [0, 0.05) is 16.7 Å². The Hall–Kier alpha value is -8.79. The fraction of sp³-hybridized carbons (Fsp3) is 0.0156. The molecule has 0 atom stereocenters. The second kappa shape index (κ2) is 15.7. The standard InChI is InChI=1S/C64H41N3/c1-4-17-42(18-5-1)46-21-16-22-48(39-46)62-65-61(45-33-31-44(32-34-45)60-53-28-13-11-20-47(53)40-57-52-27-12-10-19-43(52)35-38-56(57)60)66-63(67-62)49-36-37-55-54-29-14-15-30-58(54)64(59(55)41-49,50-23-6-2-7-24-50)51-25-8-3-9-26-51/h1-41H. The van der Waals surface area contributed by atoms with Gasteiger partial charge in [-0.05, 0) is 106 Å². The highest BCUT2D eigenvalue weighted by Gasteiger charge is 2.46. The fourth-order valence-electron chi connectivity index (χ4n) is 10.7. The van der Waals surface area contributed by atoms with Crippen LogP contribution in [0.1, 0.15) is 22.3 Å². The molecule has 0 saturated carbocycles. The third-order valence-electron chi connectivity index (χ3n) is 13.8. The van der Waals surface area contributed by atoms with Crippen molar-refractivity contribution < 1.29 is 0 Å². The SMILES string of the molecule is c1ccc(-c2cccc(-c3nc(-c4ccc(-c5c6ccccc6cc6c5ccc5ccccc56)cc4)nc(-c4ccc5c(c4)C(c4ccccc4)(c4ccccc4)c4ccccc4-5)n3)c2)cc1. The Kier molecular flexibility index (Phi) is 9.07. The molecule has 0 N–H and O–H groups in total. The molecule has 1 heterocycles. The summed E-state index contributed by atoms with van der Waals surface area (Å²) in [7, 11) is 0. The second-order valence-corrected chi connectivity index (χ2v) is 17.5. The monoisotopic (exact) mass is 851 g/mol. The lowest BCUT2D eigenvalue weighted by Gasteiger charge is -2.34. The predicted molar refractivity (Wildman–Crippen MR) is 277 cm³/mol. The number of nitrogens with zero attached hydrogens (tertiary/aromatic N) is 3. The van der Waals surface area contributed by atoms with Gasteiger partial charge < -0.3 is 0 Å². The number of hydrogen-bond donors (Lipinski definition) is 0. The molecule has 3 heteroatoms. The van der Waals surface area contributed by atoms with E-state index in [0.717, 1.165) is 33.4 Å². The maximum atomic E-state index is 5.36. The zero-order chi connectivity index (χ0) is 44.3. The first-order valence-corrected chi connectivity index (χ1v) is 22.9. The molecule has 0 bridgehead atoms. The Morgan fingerprint density at radius 1 is 0.254 bits per heavy atom. The summed E-state index contributed by atoms with van der Waals surface area (Å²) in [6.45, 7) is 0. The first-order valence-electron chi connectivity index (χ1n) is 22.9. The van der Waals surface area contributed by atoms with Gasteiger partial charge in [0.15, 0.2) is 17.5 Å². The summed E-state index contributed by atoms with van der Waals surface area (Å²) >= 11 is 0. The molecular formula is C64H41N3. The van der Waals surface area contributed by atoms with Crippen molar-refractivity contribution in [2.24, 2.45) is 0 Å². The maximum absolute atomic E-state index is 5.36. The molecule has 0 amide bonds. The van der Waals surface area contributed by atoms with Gasteiger partial charge in [0.25, 0.3) is 0 Å². The summed E-state index contributed by atoms with van der Waals surface area (Å²) in [5, 5.41) is 7.42. The van der Waals surface area contributed by atoms with Crippen molar-refractivity contribution in [1.82, 2.24) is 15.0 Å². The van der Waals surface area contributed by atoms with Crippen LogP contribution in [0.3, 0.4) is 0 Å². The molecule has 0 spiro atoms. The Bertz CT molecular complexity index is 3800. The number of aromatic nitrogens is 3. The third kappa shape index (κ3) is 6.31. The molecule has 0 radical (unpaired) electrons. The van der Waals surface area contributed by atoms with Gasteiger partial charge in [-0.15, -0.1) is 0 Å². The van der Waals surface area contributed by atoms with E-state index >= 15 is 0 Å². The molecule has 1 aliphatic carbocycles. The molecule has 1 aliphatic rings. The van der Waals surface area contributed by atoms with Crippen LogP contribution in [0.5, 0.6) is 0 Å². The van der Waals surface area contributed by atoms with E-state index in [1.54, 1.807) is 0 Å². The Morgan fingerprint density at radius 2 is 0.776 bits per heavy atom. The summed E-state index contributed by atoms with van der Waals surface area (Å²) in [4.78, 5) is 16.0. The van der Waals surface area contributed by atoms with Gasteiger partial charge in [-0.25, -0.2) is 15.0 Å². The second-order valence-electron chi connectivity index (χ2n) is 17.5. The summed E-state index contributed by atoms with van der Waals surface area (Å²) in [6, 6.07) is 89.5. The van der Waals surface area contributed by atoms with Crippen molar-refractivity contribution in [3.8, 4) is 67.5 Å². The highest BCUT2D eigenvalue weighted by molar-refractivity contribution is 6.20. The van der Waals surface area contributed by atoms with Crippen molar-refractivity contribution in [2.75, 3.05) is 0 Å². The van der Waals surface area contributed by atoms with E-state index in [9.17, 15) is 0 Å². The molecule has 67 heavy (non-hydrogen) atoms. The van der Waals surface area contributed by atoms with E-state index in [2.05, 4.69) is 243 Å². The molecule has 13 rings (SSSR count). The molecule has 0 fully saturated rings. The van der Waals surface area contributed by atoms with Gasteiger partial charge in [-0.2, -0.15) is 0 Å². The van der Waals surface area contributed by atoms with E-state index in [0.29, 0.717) is 17.5 Å². The summed E-state index contributed by atoms with van der Waals surface area (Å²) in [5.74, 6) is 1.86. The van der Waals surface area contributed by atoms with E-state index in [-0.39, 0.29) is 0 Å². The van der Waals surface area contributed by atoms with Crippen molar-refractivity contribution in [2.45, 2.75) is 5.41 Å². The van der Waals surface area contributed by atoms with Gasteiger partial charge >= 0.3 is 0 Å². The highest BCUT2D eigenvalue weighted by atomic mass is 15.0. The van der Waals surface area contributed by atoms with Crippen molar-refractivity contribution in [3.05, 3.63) is 271 Å². The van der Waals surface area contributed by atoms with Gasteiger partial charge in [0.1, 0.15) is 0 Å². The summed E-state index contributed by atoms with van der Waals surface area (Å²) in [5.41, 5.74) is 14.2. The lowest BCUT2D eigenvalue weighted by molar-refractivity contribution is 0.768. The average molecular weight is 852 g/mol. The van der Waals surface area contributed by atoms with Crippen LogP contribution in [-0.2, 0) is 5.41 Å². The van der Waals surface area contributed by atoms with Gasteiger partial charge in [0.05, 0.1) is 5.41 Å². The number of fused-ring (bicyclic) bond motifs is 7. The zero-order valence-corrected chi connectivity index (χ0v) is 36.5. The Morgan fingerprint density at radius 3 is 1.51 bits per heavy atom. The Balaban J connectivity index is 1.00. The minimum Gasteiger partial charge on any atom is -0.208 e. The van der Waals surface area contributed by atoms with Crippen LogP contribution in [0.15, 0.2) is 249 Å². The third-order valence-corrected chi connectivity index (χ3v) is 13.8. The minimum absolute atomic E-state index is 0.555. The maximum Gasteiger partial charge on any atom is 0.164 e. The molecule has 0 saturated heterocycles. The summed E-state index contributed by atoms with van der Waals surface area (Å²) < 4.78 is 0. The van der Waals surface area contributed by atoms with Crippen LogP contribution >= 0.6 is 0 Å². The van der Waals surface area contributed by atoms with Crippen LogP contribution in [-0.4, -0.2) is 15.0 Å². The number of rotatable bonds is 7. The van der Waals surface area contributed by atoms with Gasteiger partial charge in [-0.1, -0.05) is 231 Å². The predicted octanol–water partition coefficient (Wildman–Crippen LogP) is 16.0. The van der Waals surface area contributed by atoms with Crippen LogP contribution in [0.25, 0.3) is 99.9 Å². The molecular weight excluding hydrogens is 811 g/mol. The average Bonchev–Trinajstić information content (AvgIpc) is 3.71. The molecule has 3 nitrogen and oxygen atoms in total. The lowest BCUT2D eigenvalue weighted by Crippen LogP contribution is -2.28. The molecule has 0 unspecified atom stereocenters.